The number of ether oxygens (including phenoxy) is 2. The molecule has 0 aliphatic heterocycles. The SMILES string of the molecule is COc1c(I)cc(C(C)=O)c(OC(C)=O)c1I. The van der Waals surface area contributed by atoms with Crippen molar-refractivity contribution in [3.63, 3.8) is 0 Å². The van der Waals surface area contributed by atoms with Crippen LogP contribution in [0.3, 0.4) is 0 Å². The van der Waals surface area contributed by atoms with Gasteiger partial charge in [0.05, 0.1) is 19.8 Å². The summed E-state index contributed by atoms with van der Waals surface area (Å²) >= 11 is 4.07. The van der Waals surface area contributed by atoms with E-state index in [0.29, 0.717) is 14.9 Å². The second-order valence-electron chi connectivity index (χ2n) is 3.23. The standard InChI is InChI=1S/C11H10I2O4/c1-5(14)7-4-8(12)11(16-3)9(13)10(7)17-6(2)15/h4H,1-3H3. The molecule has 0 aliphatic carbocycles. The third kappa shape index (κ3) is 3.30. The first-order valence-corrected chi connectivity index (χ1v) is 6.79. The lowest BCUT2D eigenvalue weighted by molar-refractivity contribution is -0.131. The third-order valence-corrected chi connectivity index (χ3v) is 3.74. The van der Waals surface area contributed by atoms with E-state index >= 15 is 0 Å². The average molecular weight is 460 g/mol. The molecule has 0 amide bonds. The summed E-state index contributed by atoms with van der Waals surface area (Å²) in [7, 11) is 1.53. The Morgan fingerprint density at radius 2 is 1.76 bits per heavy atom. The number of halogens is 2. The van der Waals surface area contributed by atoms with Crippen molar-refractivity contribution >= 4 is 56.9 Å². The summed E-state index contributed by atoms with van der Waals surface area (Å²) in [6.07, 6.45) is 0. The minimum atomic E-state index is -0.464. The Balaban J connectivity index is 3.50. The number of benzene rings is 1. The van der Waals surface area contributed by atoms with Gasteiger partial charge in [-0.15, -0.1) is 0 Å². The summed E-state index contributed by atoms with van der Waals surface area (Å²) in [6.45, 7) is 2.73. The minimum Gasteiger partial charge on any atom is -0.494 e. The molecule has 1 aromatic rings. The van der Waals surface area contributed by atoms with Gasteiger partial charge in [-0.2, -0.15) is 0 Å². The summed E-state index contributed by atoms with van der Waals surface area (Å²) in [5.41, 5.74) is 0.384. The zero-order valence-electron chi connectivity index (χ0n) is 9.47. The van der Waals surface area contributed by atoms with E-state index in [9.17, 15) is 9.59 Å². The van der Waals surface area contributed by atoms with Gasteiger partial charge in [-0.25, -0.2) is 0 Å². The molecule has 0 saturated heterocycles. The van der Waals surface area contributed by atoms with Crippen molar-refractivity contribution in [3.8, 4) is 11.5 Å². The largest absolute Gasteiger partial charge is 0.494 e. The van der Waals surface area contributed by atoms with Gasteiger partial charge in [0.25, 0.3) is 0 Å². The number of carbonyl (C=O) groups is 2. The number of hydrogen-bond donors (Lipinski definition) is 0. The number of esters is 1. The zero-order chi connectivity index (χ0) is 13.2. The minimum absolute atomic E-state index is 0.153. The molecule has 92 valence electrons. The van der Waals surface area contributed by atoms with Gasteiger partial charge in [0.1, 0.15) is 5.75 Å². The molecule has 0 saturated carbocycles. The van der Waals surface area contributed by atoms with Gasteiger partial charge in [-0.3, -0.25) is 9.59 Å². The first-order valence-electron chi connectivity index (χ1n) is 4.63. The average Bonchev–Trinajstić information content (AvgIpc) is 2.21. The molecule has 0 atom stereocenters. The second-order valence-corrected chi connectivity index (χ2v) is 5.47. The lowest BCUT2D eigenvalue weighted by Crippen LogP contribution is -2.09. The molecule has 0 unspecified atom stereocenters. The third-order valence-electron chi connectivity index (χ3n) is 1.96. The molecule has 0 heterocycles. The van der Waals surface area contributed by atoms with E-state index in [2.05, 4.69) is 22.6 Å². The highest BCUT2D eigenvalue weighted by molar-refractivity contribution is 14.1. The van der Waals surface area contributed by atoms with Gasteiger partial charge >= 0.3 is 5.97 Å². The van der Waals surface area contributed by atoms with Gasteiger partial charge < -0.3 is 9.47 Å². The molecule has 0 fully saturated rings. The predicted octanol–water partition coefficient (Wildman–Crippen LogP) is 3.03. The number of rotatable bonds is 3. The summed E-state index contributed by atoms with van der Waals surface area (Å²) in [5, 5.41) is 0. The van der Waals surface area contributed by atoms with Crippen molar-refractivity contribution in [1.29, 1.82) is 0 Å². The molecule has 0 aliphatic rings. The van der Waals surface area contributed by atoms with E-state index < -0.39 is 5.97 Å². The fourth-order valence-corrected chi connectivity index (χ4v) is 3.50. The van der Waals surface area contributed by atoms with E-state index in [1.807, 2.05) is 22.6 Å². The van der Waals surface area contributed by atoms with Gasteiger partial charge in [0.2, 0.25) is 0 Å². The molecule has 0 radical (unpaired) electrons. The monoisotopic (exact) mass is 460 g/mol. The fourth-order valence-electron chi connectivity index (χ4n) is 1.28. The van der Waals surface area contributed by atoms with Crippen molar-refractivity contribution in [2.75, 3.05) is 7.11 Å². The summed E-state index contributed by atoms with van der Waals surface area (Å²) in [4.78, 5) is 22.6. The Kier molecular flexibility index (Phi) is 5.17. The van der Waals surface area contributed by atoms with Gasteiger partial charge in [0, 0.05) is 6.92 Å². The fraction of sp³-hybridized carbons (Fsp3) is 0.273. The number of carbonyl (C=O) groups excluding carboxylic acids is 2. The highest BCUT2D eigenvalue weighted by Gasteiger charge is 2.20. The van der Waals surface area contributed by atoms with Crippen molar-refractivity contribution in [3.05, 3.63) is 18.8 Å². The van der Waals surface area contributed by atoms with Crippen LogP contribution in [-0.2, 0) is 4.79 Å². The van der Waals surface area contributed by atoms with E-state index in [4.69, 9.17) is 9.47 Å². The maximum absolute atomic E-state index is 11.5. The van der Waals surface area contributed by atoms with Crippen LogP contribution in [0.1, 0.15) is 24.2 Å². The van der Waals surface area contributed by atoms with Crippen molar-refractivity contribution in [1.82, 2.24) is 0 Å². The van der Waals surface area contributed by atoms with Gasteiger partial charge in [0.15, 0.2) is 11.5 Å². The number of ketones is 1. The van der Waals surface area contributed by atoms with Crippen molar-refractivity contribution in [2.24, 2.45) is 0 Å². The molecule has 0 aromatic heterocycles. The number of hydrogen-bond acceptors (Lipinski definition) is 4. The molecular formula is C11H10I2O4. The van der Waals surface area contributed by atoms with Crippen LogP contribution in [0.5, 0.6) is 11.5 Å². The Morgan fingerprint density at radius 3 is 2.18 bits per heavy atom. The van der Waals surface area contributed by atoms with Crippen LogP contribution in [0.15, 0.2) is 6.07 Å². The van der Waals surface area contributed by atoms with Crippen molar-refractivity contribution in [2.45, 2.75) is 13.8 Å². The van der Waals surface area contributed by atoms with Crippen LogP contribution >= 0.6 is 45.2 Å². The summed E-state index contributed by atoms with van der Waals surface area (Å²) in [5.74, 6) is 0.253. The molecule has 4 nitrogen and oxygen atoms in total. The number of methoxy groups -OCH3 is 1. The number of Topliss-reactive ketones (excluding diaryl/α,β-unsaturated/α-hetero) is 1. The van der Waals surface area contributed by atoms with E-state index in [-0.39, 0.29) is 11.5 Å². The van der Waals surface area contributed by atoms with E-state index in [1.165, 1.54) is 21.0 Å². The predicted molar refractivity (Wildman–Crippen MR) is 79.7 cm³/mol. The summed E-state index contributed by atoms with van der Waals surface area (Å²) < 4.78 is 11.7. The van der Waals surface area contributed by atoms with Crippen LogP contribution < -0.4 is 9.47 Å². The maximum atomic E-state index is 11.5. The lowest BCUT2D eigenvalue weighted by Gasteiger charge is -2.13. The Morgan fingerprint density at radius 1 is 1.18 bits per heavy atom. The van der Waals surface area contributed by atoms with E-state index in [1.54, 1.807) is 6.07 Å². The molecule has 1 rings (SSSR count). The van der Waals surface area contributed by atoms with Crippen LogP contribution in [0.2, 0.25) is 0 Å². The lowest BCUT2D eigenvalue weighted by atomic mass is 10.1. The van der Waals surface area contributed by atoms with Crippen LogP contribution in [0.25, 0.3) is 0 Å². The zero-order valence-corrected chi connectivity index (χ0v) is 13.8. The molecule has 0 bridgehead atoms. The smallest absolute Gasteiger partial charge is 0.308 e. The molecule has 6 heteroatoms. The quantitative estimate of drug-likeness (QED) is 0.302. The van der Waals surface area contributed by atoms with Gasteiger partial charge in [-0.1, -0.05) is 0 Å². The highest BCUT2D eigenvalue weighted by Crippen LogP contribution is 2.37. The first-order chi connectivity index (χ1) is 7.88. The molecule has 0 N–H and O–H groups in total. The Hall–Kier alpha value is -0.380. The van der Waals surface area contributed by atoms with Crippen LogP contribution in [0.4, 0.5) is 0 Å². The van der Waals surface area contributed by atoms with Crippen LogP contribution in [0, 0.1) is 7.14 Å². The van der Waals surface area contributed by atoms with Crippen LogP contribution in [-0.4, -0.2) is 18.9 Å². The first kappa shape index (κ1) is 14.7. The topological polar surface area (TPSA) is 52.6 Å². The summed E-state index contributed by atoms with van der Waals surface area (Å²) in [6, 6.07) is 1.65. The molecule has 1 aromatic carbocycles. The molecule has 0 spiro atoms. The van der Waals surface area contributed by atoms with E-state index in [0.717, 1.165) is 3.57 Å². The molecule has 17 heavy (non-hydrogen) atoms. The maximum Gasteiger partial charge on any atom is 0.308 e. The normalized spacial score (nSPS) is 9.94. The van der Waals surface area contributed by atoms with Gasteiger partial charge in [-0.05, 0) is 58.2 Å². The molecular weight excluding hydrogens is 450 g/mol. The van der Waals surface area contributed by atoms with Crippen molar-refractivity contribution < 1.29 is 19.1 Å². The Labute approximate surface area is 126 Å². The highest BCUT2D eigenvalue weighted by atomic mass is 127. The Bertz CT molecular complexity index is 483. The second kappa shape index (κ2) is 5.98.